The second-order valence-electron chi connectivity index (χ2n) is 32.9. The zero-order valence-electron chi connectivity index (χ0n) is 67.4. The molecule has 0 saturated heterocycles. The van der Waals surface area contributed by atoms with Crippen LogP contribution in [-0.2, 0) is 0 Å². The highest BCUT2D eigenvalue weighted by atomic mass is 16.3. The van der Waals surface area contributed by atoms with Crippen LogP contribution in [0.15, 0.2) is 458 Å². The molecule has 0 atom stereocenters. The normalized spacial score (nSPS) is 11.9. The third-order valence-electron chi connectivity index (χ3n) is 26.0. The van der Waals surface area contributed by atoms with Crippen molar-refractivity contribution in [1.29, 1.82) is 0 Å². The molecule has 2 heterocycles. The molecule has 0 aliphatic heterocycles. The summed E-state index contributed by atoms with van der Waals surface area (Å²) in [5.74, 6) is 0. The van der Waals surface area contributed by atoms with Gasteiger partial charge in [-0.05, 0) is 251 Å². The summed E-state index contributed by atoms with van der Waals surface area (Å²) in [4.78, 5) is 4.82. The van der Waals surface area contributed by atoms with Gasteiger partial charge in [0, 0.05) is 77.3 Å². The molecule has 0 bridgehead atoms. The minimum atomic E-state index is 0.841. The summed E-state index contributed by atoms with van der Waals surface area (Å²) >= 11 is 0. The number of benzene rings is 23. The average Bonchev–Trinajstić information content (AvgIpc) is 1.54. The highest BCUT2D eigenvalue weighted by molar-refractivity contribution is 6.22. The third kappa shape index (κ3) is 11.6. The van der Waals surface area contributed by atoms with Gasteiger partial charge in [-0.3, -0.25) is 0 Å². The van der Waals surface area contributed by atoms with Crippen molar-refractivity contribution in [2.24, 2.45) is 0 Å². The lowest BCUT2D eigenvalue weighted by Crippen LogP contribution is -2.11. The topological polar surface area (TPSA) is 32.8 Å². The summed E-state index contributed by atoms with van der Waals surface area (Å²) in [5, 5.41) is 25.9. The molecule has 4 nitrogen and oxygen atoms in total. The number of hydrogen-bond donors (Lipinski definition) is 0. The first kappa shape index (κ1) is 70.6. The fourth-order valence-electron chi connectivity index (χ4n) is 20.0. The third-order valence-corrected chi connectivity index (χ3v) is 26.0. The van der Waals surface area contributed by atoms with Crippen LogP contribution in [0.4, 0.5) is 34.1 Å². The van der Waals surface area contributed by atoms with Crippen LogP contribution in [0, 0.1) is 0 Å². The van der Waals surface area contributed by atoms with E-state index < -0.39 is 0 Å². The number of furan rings is 2. The molecule has 0 fully saturated rings. The van der Waals surface area contributed by atoms with E-state index in [-0.39, 0.29) is 0 Å². The molecule has 0 N–H and O–H groups in total. The minimum Gasteiger partial charge on any atom is -0.455 e. The van der Waals surface area contributed by atoms with Gasteiger partial charge in [0.1, 0.15) is 22.3 Å². The van der Waals surface area contributed by atoms with Crippen molar-refractivity contribution >= 4 is 175 Å². The summed E-state index contributed by atoms with van der Waals surface area (Å²) in [6, 6.07) is 165. The van der Waals surface area contributed by atoms with Crippen molar-refractivity contribution in [3.63, 3.8) is 0 Å². The summed E-state index contributed by atoms with van der Waals surface area (Å²) in [7, 11) is 0. The molecular formula is C120H74N2O2. The number of hydrogen-bond acceptors (Lipinski definition) is 4. The van der Waals surface area contributed by atoms with Crippen LogP contribution in [-0.4, -0.2) is 0 Å². The first-order valence-corrected chi connectivity index (χ1v) is 42.6. The fraction of sp³-hybridized carbons (Fsp3) is 0. The Morgan fingerprint density at radius 3 is 0.927 bits per heavy atom. The maximum Gasteiger partial charge on any atom is 0.143 e. The van der Waals surface area contributed by atoms with Crippen molar-refractivity contribution < 1.29 is 8.83 Å². The standard InChI is InChI=1S/C120H74N2O2/c1-2-23-82-69-83(45-43-75(82)21-1)76-47-58-89(59-48-76)121(91-62-51-79(52-63-91)111-71-85-24-4-6-26-93(85)97-29-9-12-32-100(97)111)116-42-18-16-36-104(116)106-38-20-40-108-110-68-56-81-44-46-87(73-114(81)120(110)124-119(106)108)113-74-88-70-84(57-66-95(88)99-31-11-14-34-102(99)113)77-49-60-90(61-50-77)122(92-64-53-80(54-65-92)112-72-86-25-5-7-27-94(86)98-30-10-13-33-101(98)112)115-41-17-15-35-103(115)105-37-19-39-107-109-67-55-78-22-3-8-28-96(78)117(109)123-118(105)107/h1-74H. The van der Waals surface area contributed by atoms with Gasteiger partial charge in [0.25, 0.3) is 0 Å². The lowest BCUT2D eigenvalue weighted by atomic mass is 9.90. The molecule has 0 radical (unpaired) electrons. The Labute approximate surface area is 715 Å². The van der Waals surface area contributed by atoms with E-state index in [9.17, 15) is 0 Å². The molecular weight excluding hydrogens is 1500 g/mol. The highest BCUT2D eigenvalue weighted by Crippen LogP contribution is 2.51. The van der Waals surface area contributed by atoms with Crippen molar-refractivity contribution in [2.45, 2.75) is 0 Å². The predicted molar refractivity (Wildman–Crippen MR) is 526 cm³/mol. The Kier molecular flexibility index (Phi) is 16.3. The predicted octanol–water partition coefficient (Wildman–Crippen LogP) is 34.5. The van der Waals surface area contributed by atoms with E-state index in [0.29, 0.717) is 0 Å². The number of nitrogens with zero attached hydrogens (tertiary/aromatic N) is 2. The molecule has 0 saturated carbocycles. The Morgan fingerprint density at radius 1 is 0.129 bits per heavy atom. The van der Waals surface area contributed by atoms with Crippen LogP contribution in [0.2, 0.25) is 0 Å². The number of para-hydroxylation sites is 4. The fourth-order valence-corrected chi connectivity index (χ4v) is 20.0. The molecule has 0 unspecified atom stereocenters. The number of fused-ring (bicyclic) bond motifs is 20. The molecule has 0 spiro atoms. The van der Waals surface area contributed by atoms with E-state index in [2.05, 4.69) is 459 Å². The van der Waals surface area contributed by atoms with Crippen LogP contribution in [0.5, 0.6) is 0 Å². The number of anilines is 6. The second-order valence-corrected chi connectivity index (χ2v) is 32.9. The molecule has 25 aromatic rings. The van der Waals surface area contributed by atoms with E-state index in [1.807, 2.05) is 0 Å². The second kappa shape index (κ2) is 28.7. The molecule has 124 heavy (non-hydrogen) atoms. The largest absolute Gasteiger partial charge is 0.455 e. The summed E-state index contributed by atoms with van der Waals surface area (Å²) in [6.45, 7) is 0. The molecule has 25 rings (SSSR count). The first-order chi connectivity index (χ1) is 61.5. The van der Waals surface area contributed by atoms with E-state index in [1.165, 1.54) is 86.7 Å². The van der Waals surface area contributed by atoms with Crippen LogP contribution < -0.4 is 9.80 Å². The van der Waals surface area contributed by atoms with Gasteiger partial charge in [0.2, 0.25) is 0 Å². The number of rotatable bonds is 13. The van der Waals surface area contributed by atoms with Gasteiger partial charge in [-0.2, -0.15) is 0 Å². The highest BCUT2D eigenvalue weighted by Gasteiger charge is 2.26. The molecule has 0 aliphatic carbocycles. The van der Waals surface area contributed by atoms with Crippen LogP contribution in [0.1, 0.15) is 0 Å². The van der Waals surface area contributed by atoms with E-state index in [1.54, 1.807) is 0 Å². The monoisotopic (exact) mass is 1570 g/mol. The smallest absolute Gasteiger partial charge is 0.143 e. The van der Waals surface area contributed by atoms with Crippen LogP contribution >= 0.6 is 0 Å². The zero-order chi connectivity index (χ0) is 81.5. The van der Waals surface area contributed by atoms with Crippen LogP contribution in [0.25, 0.3) is 219 Å². The summed E-state index contributed by atoms with van der Waals surface area (Å²) in [5.41, 5.74) is 25.4. The molecule has 23 aromatic carbocycles. The lowest BCUT2D eigenvalue weighted by molar-refractivity contribution is 0.673. The maximum atomic E-state index is 7.49. The Bertz CT molecular complexity index is 8670. The summed E-state index contributed by atoms with van der Waals surface area (Å²) < 4.78 is 14.6. The van der Waals surface area contributed by atoms with Gasteiger partial charge >= 0.3 is 0 Å². The van der Waals surface area contributed by atoms with Gasteiger partial charge in [-0.1, -0.05) is 340 Å². The molecule has 2 aromatic heterocycles. The Balaban J connectivity index is 0.585. The maximum absolute atomic E-state index is 7.49. The molecule has 0 amide bonds. The van der Waals surface area contributed by atoms with Crippen molar-refractivity contribution in [1.82, 2.24) is 0 Å². The van der Waals surface area contributed by atoms with Crippen molar-refractivity contribution in [3.8, 4) is 77.9 Å². The quantitative estimate of drug-likeness (QED) is 0.108. The molecule has 4 heteroatoms. The SMILES string of the molecule is c1ccc(N(c2ccc(-c3ccc4c(c3)cc(-c3ccc5ccc6c7cccc(-c8ccccc8N(c8ccc(-c9ccc%10ccccc%10c9)cc8)c8ccc(-c9cc%10ccccc%10c%10ccccc9%10)cc8)c7oc6c5c3)c3ccccc34)cc2)c2ccc(-c3cc4ccccc4c4ccccc34)cc2)c(-c2cccc3c2oc2c4ccccc4ccc32)c1. The van der Waals surface area contributed by atoms with Crippen LogP contribution in [0.3, 0.4) is 0 Å². The van der Waals surface area contributed by atoms with Gasteiger partial charge in [-0.15, -0.1) is 0 Å². The van der Waals surface area contributed by atoms with Gasteiger partial charge in [0.15, 0.2) is 0 Å². The minimum absolute atomic E-state index is 0.841. The van der Waals surface area contributed by atoms with E-state index >= 15 is 0 Å². The van der Waals surface area contributed by atoms with E-state index in [0.717, 1.165) is 166 Å². The first-order valence-electron chi connectivity index (χ1n) is 42.6. The molecule has 0 aliphatic rings. The lowest BCUT2D eigenvalue weighted by Gasteiger charge is -2.28. The van der Waals surface area contributed by atoms with Gasteiger partial charge in [0.05, 0.1) is 11.4 Å². The van der Waals surface area contributed by atoms with Crippen molar-refractivity contribution in [2.75, 3.05) is 9.80 Å². The Morgan fingerprint density at radius 2 is 0.427 bits per heavy atom. The van der Waals surface area contributed by atoms with Gasteiger partial charge in [-0.25, -0.2) is 0 Å². The van der Waals surface area contributed by atoms with E-state index in [4.69, 9.17) is 8.83 Å². The zero-order valence-corrected chi connectivity index (χ0v) is 67.4. The van der Waals surface area contributed by atoms with Gasteiger partial charge < -0.3 is 18.6 Å². The Hall–Kier alpha value is -16.4. The molecule has 576 valence electrons. The van der Waals surface area contributed by atoms with Crippen molar-refractivity contribution in [3.05, 3.63) is 449 Å². The summed E-state index contributed by atoms with van der Waals surface area (Å²) in [6.07, 6.45) is 0. The average molecular weight is 1580 g/mol.